The zero-order chi connectivity index (χ0) is 42.0. The first-order valence-electron chi connectivity index (χ1n) is 17.8. The van der Waals surface area contributed by atoms with Gasteiger partial charge in [0.05, 0.1) is 6.54 Å². The molecule has 1 saturated heterocycles. The number of nitrogens with two attached hydrogens (primary N) is 2. The monoisotopic (exact) mass is 791 g/mol. The molecular weight excluding hydrogens is 750 g/mol. The Morgan fingerprint density at radius 3 is 1.89 bits per heavy atom. The highest BCUT2D eigenvalue weighted by atomic mass is 16.4. The van der Waals surface area contributed by atoms with Crippen molar-refractivity contribution in [1.82, 2.24) is 26.2 Å². The fourth-order valence-corrected chi connectivity index (χ4v) is 6.44. The second kappa shape index (κ2) is 19.0. The molecule has 20 heteroatoms. The van der Waals surface area contributed by atoms with E-state index in [0.717, 1.165) is 4.90 Å². The molecule has 1 aliphatic carbocycles. The average molecular weight is 792 g/mol. The Balaban J connectivity index is 1.47. The Bertz CT molecular complexity index is 2020. The third-order valence-electron chi connectivity index (χ3n) is 9.33. The van der Waals surface area contributed by atoms with E-state index in [2.05, 4.69) is 21.3 Å². The van der Waals surface area contributed by atoms with Gasteiger partial charge in [-0.2, -0.15) is 0 Å². The normalized spacial score (nSPS) is 15.9. The number of ketones is 2. The van der Waals surface area contributed by atoms with Crippen LogP contribution in [0.3, 0.4) is 0 Å². The van der Waals surface area contributed by atoms with E-state index >= 15 is 0 Å². The van der Waals surface area contributed by atoms with Crippen LogP contribution in [0.15, 0.2) is 42.5 Å². The van der Waals surface area contributed by atoms with Crippen LogP contribution < -0.4 is 32.7 Å². The highest BCUT2D eigenvalue weighted by molar-refractivity contribution is 6.53. The van der Waals surface area contributed by atoms with Crippen molar-refractivity contribution >= 4 is 64.9 Å². The van der Waals surface area contributed by atoms with Crippen LogP contribution in [0.4, 0.5) is 0 Å². The van der Waals surface area contributed by atoms with Crippen molar-refractivity contribution < 1.29 is 63.0 Å². The lowest BCUT2D eigenvalue weighted by atomic mass is 9.83. The van der Waals surface area contributed by atoms with E-state index in [0.29, 0.717) is 12.0 Å². The minimum Gasteiger partial charge on any atom is -0.481 e. The molecule has 1 fully saturated rings. The maximum absolute atomic E-state index is 13.5. The van der Waals surface area contributed by atoms with Gasteiger partial charge in [-0.05, 0) is 61.4 Å². The largest absolute Gasteiger partial charge is 0.481 e. The second-order valence-electron chi connectivity index (χ2n) is 13.4. The number of benzene rings is 2. The predicted octanol–water partition coefficient (Wildman–Crippen LogP) is -1.61. The summed E-state index contributed by atoms with van der Waals surface area (Å²) in [5.41, 5.74) is 11.3. The van der Waals surface area contributed by atoms with E-state index in [1.165, 1.54) is 24.3 Å². The lowest BCUT2D eigenvalue weighted by Crippen LogP contribution is -2.56. The summed E-state index contributed by atoms with van der Waals surface area (Å²) in [5, 5.41) is 28.2. The summed E-state index contributed by atoms with van der Waals surface area (Å²) in [5.74, 6) is -10.4. The zero-order valence-electron chi connectivity index (χ0n) is 30.4. The average Bonchev–Trinajstić information content (AvgIpc) is 3.67. The third kappa shape index (κ3) is 11.0. The van der Waals surface area contributed by atoms with E-state index < -0.39 is 121 Å². The minimum atomic E-state index is -1.57. The van der Waals surface area contributed by atoms with Gasteiger partial charge in [-0.25, -0.2) is 4.79 Å². The molecule has 0 saturated carbocycles. The van der Waals surface area contributed by atoms with Crippen molar-refractivity contribution in [2.24, 2.45) is 11.5 Å². The quantitative estimate of drug-likeness (QED) is 0.0744. The van der Waals surface area contributed by atoms with Crippen molar-refractivity contribution in [3.63, 3.8) is 0 Å². The number of nitrogens with zero attached hydrogens (tertiary/aromatic N) is 1. The number of primary amides is 2. The molecule has 1 aliphatic heterocycles. The first-order chi connectivity index (χ1) is 27.0. The number of hydrogen-bond acceptors (Lipinski definition) is 11. The van der Waals surface area contributed by atoms with Gasteiger partial charge < -0.3 is 47.8 Å². The number of aliphatic carboxylic acids is 2. The van der Waals surface area contributed by atoms with Crippen molar-refractivity contribution in [3.05, 3.63) is 59.2 Å². The molecule has 0 aromatic heterocycles. The molecule has 20 nitrogen and oxygen atoms in total. The molecule has 10 N–H and O–H groups in total. The van der Waals surface area contributed by atoms with Gasteiger partial charge in [0.2, 0.25) is 47.0 Å². The van der Waals surface area contributed by atoms with Gasteiger partial charge in [-0.15, -0.1) is 0 Å². The van der Waals surface area contributed by atoms with Crippen LogP contribution in [0.25, 0.3) is 11.1 Å². The van der Waals surface area contributed by atoms with Crippen LogP contribution in [0.2, 0.25) is 0 Å². The van der Waals surface area contributed by atoms with Gasteiger partial charge >= 0.3 is 11.9 Å². The Hall–Kier alpha value is -6.99. The number of carboxylic acid groups (broad SMARTS) is 2. The Morgan fingerprint density at radius 2 is 1.28 bits per heavy atom. The van der Waals surface area contributed by atoms with Crippen LogP contribution in [0.1, 0.15) is 82.4 Å². The molecule has 4 rings (SSSR count). The fraction of sp³-hybridized carbons (Fsp3) is 0.378. The van der Waals surface area contributed by atoms with E-state index in [4.69, 9.17) is 11.5 Å². The summed E-state index contributed by atoms with van der Waals surface area (Å²) in [6.45, 7) is -0.700. The lowest BCUT2D eigenvalue weighted by Gasteiger charge is -2.27. The molecule has 0 unspecified atom stereocenters. The van der Waals surface area contributed by atoms with Gasteiger partial charge in [0.15, 0.2) is 0 Å². The standard InChI is InChI=1S/C37H41N7O13/c38-27(45)12-9-23(34(53)40-17-29(47)41-25(10-13-28(39)46)36(55)44-15-3-6-26(44)37(56)57)43-35(54)24(11-14-30(48)49)42-33(52)18-7-8-21-22(16-18)19-4-1-2-5-20(19)31(50)32(21)51/h1-2,4-5,7-8,16,23-26H,3,6,9-15,17H2,(H2,38,45)(H2,39,46)(H,40,53)(H,41,47)(H,42,52)(H,43,54)(H,48,49)(H,56,57)/t23-,24-,25-,26-/m0/s1. The van der Waals surface area contributed by atoms with E-state index in [9.17, 15) is 63.0 Å². The van der Waals surface area contributed by atoms with Gasteiger partial charge in [-0.3, -0.25) is 47.9 Å². The molecule has 0 radical (unpaired) electrons. The second-order valence-corrected chi connectivity index (χ2v) is 13.4. The molecule has 1 heterocycles. The molecule has 0 spiro atoms. The molecule has 4 atom stereocenters. The van der Waals surface area contributed by atoms with E-state index in [1.54, 1.807) is 18.2 Å². The van der Waals surface area contributed by atoms with Crippen molar-refractivity contribution in [3.8, 4) is 11.1 Å². The fourth-order valence-electron chi connectivity index (χ4n) is 6.44. The number of Topliss-reactive ketones (excluding diaryl/α,β-unsaturated/α-hetero) is 2. The number of carbonyl (C=O) groups is 11. The summed E-state index contributed by atoms with van der Waals surface area (Å²) in [4.78, 5) is 139. The molecule has 2 aromatic carbocycles. The zero-order valence-corrected chi connectivity index (χ0v) is 30.4. The lowest BCUT2D eigenvalue weighted by molar-refractivity contribution is -0.149. The number of amides is 7. The summed E-state index contributed by atoms with van der Waals surface area (Å²) >= 11 is 0. The predicted molar refractivity (Wildman–Crippen MR) is 195 cm³/mol. The minimum absolute atomic E-state index is 0.0521. The number of likely N-dealkylation sites (tertiary alicyclic amines) is 1. The number of hydrogen-bond donors (Lipinski definition) is 8. The molecule has 57 heavy (non-hydrogen) atoms. The summed E-state index contributed by atoms with van der Waals surface area (Å²) in [7, 11) is 0. The molecular formula is C37H41N7O13. The third-order valence-corrected chi connectivity index (χ3v) is 9.33. The Labute approximate surface area is 324 Å². The first kappa shape index (κ1) is 42.7. The van der Waals surface area contributed by atoms with Crippen LogP contribution in [-0.2, 0) is 38.4 Å². The molecule has 7 amide bonds. The number of nitrogens with one attached hydrogen (secondary N) is 4. The van der Waals surface area contributed by atoms with Crippen molar-refractivity contribution in [1.29, 1.82) is 0 Å². The molecule has 302 valence electrons. The van der Waals surface area contributed by atoms with Crippen LogP contribution in [0.5, 0.6) is 0 Å². The molecule has 2 aliphatic rings. The topological polar surface area (TPSA) is 332 Å². The SMILES string of the molecule is NC(=O)CC[C@H](NC(=O)[C@H](CCC(=O)O)NC(=O)c1ccc2c(c1)-c1ccccc1C(=O)C2=O)C(=O)NCC(=O)N[C@@H](CCC(N)=O)C(=O)N1CCC[C@H]1C(=O)O. The summed E-state index contributed by atoms with van der Waals surface area (Å²) in [6, 6.07) is 4.50. The first-order valence-corrected chi connectivity index (χ1v) is 17.8. The van der Waals surface area contributed by atoms with Crippen molar-refractivity contribution in [2.75, 3.05) is 13.1 Å². The number of carboxylic acids is 2. The van der Waals surface area contributed by atoms with Crippen LogP contribution in [0, 0.1) is 0 Å². The Morgan fingerprint density at radius 1 is 0.702 bits per heavy atom. The van der Waals surface area contributed by atoms with Gasteiger partial charge in [-0.1, -0.05) is 24.3 Å². The molecule has 2 aromatic rings. The highest BCUT2D eigenvalue weighted by Gasteiger charge is 2.38. The van der Waals surface area contributed by atoms with Crippen LogP contribution >= 0.6 is 0 Å². The molecule has 0 bridgehead atoms. The maximum atomic E-state index is 13.5. The number of rotatable bonds is 19. The Kier molecular flexibility index (Phi) is 14.3. The number of fused-ring (bicyclic) bond motifs is 3. The van der Waals surface area contributed by atoms with Gasteiger partial charge in [0, 0.05) is 42.5 Å². The van der Waals surface area contributed by atoms with Gasteiger partial charge in [0.1, 0.15) is 24.2 Å². The van der Waals surface area contributed by atoms with E-state index in [-0.39, 0.29) is 48.1 Å². The van der Waals surface area contributed by atoms with Gasteiger partial charge in [0.25, 0.3) is 5.91 Å². The van der Waals surface area contributed by atoms with E-state index in [1.807, 2.05) is 0 Å². The number of carbonyl (C=O) groups excluding carboxylic acids is 9. The summed E-state index contributed by atoms with van der Waals surface area (Å²) < 4.78 is 0. The highest BCUT2D eigenvalue weighted by Crippen LogP contribution is 2.34. The smallest absolute Gasteiger partial charge is 0.326 e. The maximum Gasteiger partial charge on any atom is 0.326 e. The van der Waals surface area contributed by atoms with Crippen molar-refractivity contribution in [2.45, 2.75) is 75.5 Å². The van der Waals surface area contributed by atoms with Crippen LogP contribution in [-0.4, -0.2) is 117 Å². The summed E-state index contributed by atoms with van der Waals surface area (Å²) in [6.07, 6.45) is -1.92.